The topological polar surface area (TPSA) is 113 Å². The second-order valence-electron chi connectivity index (χ2n) is 11.2. The Hall–Kier alpha value is -3.02. The van der Waals surface area contributed by atoms with Gasteiger partial charge in [0.15, 0.2) is 0 Å². The Labute approximate surface area is 266 Å². The Morgan fingerprint density at radius 3 is 2.39 bits per heavy atom. The zero-order valence-electron chi connectivity index (χ0n) is 24.0. The van der Waals surface area contributed by atoms with Gasteiger partial charge in [-0.2, -0.15) is 0 Å². The number of amides is 1. The largest absolute Gasteiger partial charge is 0.481 e. The normalized spacial score (nSPS) is 22.0. The molecule has 5 rings (SSSR count). The molecule has 0 radical (unpaired) electrons. The molecule has 1 amide bonds. The van der Waals surface area contributed by atoms with E-state index in [1.54, 1.807) is 53.4 Å². The molecule has 1 aliphatic heterocycles. The molecular formula is C32H33Cl2FN2O6S. The minimum absolute atomic E-state index is 0.0758. The number of benzene rings is 3. The van der Waals surface area contributed by atoms with E-state index in [1.165, 1.54) is 18.2 Å². The van der Waals surface area contributed by atoms with Crippen molar-refractivity contribution in [2.45, 2.75) is 68.1 Å². The molecule has 0 spiro atoms. The highest BCUT2D eigenvalue weighted by Gasteiger charge is 2.57. The van der Waals surface area contributed by atoms with Crippen LogP contribution in [0.3, 0.4) is 0 Å². The summed E-state index contributed by atoms with van der Waals surface area (Å²) in [6, 6.07) is 18.4. The van der Waals surface area contributed by atoms with E-state index in [0.717, 1.165) is 0 Å². The molecule has 3 aromatic rings. The van der Waals surface area contributed by atoms with Crippen molar-refractivity contribution in [3.05, 3.63) is 105 Å². The maximum atomic E-state index is 14.7. The lowest BCUT2D eigenvalue weighted by molar-refractivity contribution is -0.180. The lowest BCUT2D eigenvalue weighted by Crippen LogP contribution is -2.57. The van der Waals surface area contributed by atoms with Crippen LogP contribution in [0.25, 0.3) is 0 Å². The summed E-state index contributed by atoms with van der Waals surface area (Å²) in [5.41, 5.74) is 1.48. The van der Waals surface area contributed by atoms with Gasteiger partial charge in [0.2, 0.25) is 10.0 Å². The van der Waals surface area contributed by atoms with Gasteiger partial charge in [-0.15, -0.1) is 0 Å². The van der Waals surface area contributed by atoms with Crippen LogP contribution < -0.4 is 4.72 Å². The van der Waals surface area contributed by atoms with E-state index >= 15 is 0 Å². The molecule has 3 aromatic carbocycles. The summed E-state index contributed by atoms with van der Waals surface area (Å²) in [6.07, 6.45) is -1.32. The summed E-state index contributed by atoms with van der Waals surface area (Å²) in [4.78, 5) is 27.2. The number of nitrogens with zero attached hydrogens (tertiary/aromatic N) is 1. The number of carboxylic acids is 1. The standard InChI is InChI=1S/C32H33Cl2FN2O6S/c1-2-24(19-36-44(41,42)32(16-17-32)25-8-3-4-9-26(25)35)37-29(20-10-12-22(33)13-11-20)30(21-6-5-7-23(34)18-21)43-27(31(37)40)14-15-28(38)39/h3-13,18,24,27,29-30,36H,2,14-17,19H2,1H3,(H,38,39)/t24-,27+,29+,30+/m0/s1. The van der Waals surface area contributed by atoms with Crippen molar-refractivity contribution >= 4 is 45.1 Å². The molecule has 1 saturated heterocycles. The molecule has 12 heteroatoms. The van der Waals surface area contributed by atoms with E-state index in [1.807, 2.05) is 13.0 Å². The van der Waals surface area contributed by atoms with Gasteiger partial charge < -0.3 is 14.7 Å². The maximum Gasteiger partial charge on any atom is 0.303 e. The summed E-state index contributed by atoms with van der Waals surface area (Å²) >= 11 is 12.5. The van der Waals surface area contributed by atoms with Gasteiger partial charge in [-0.05, 0) is 67.1 Å². The first-order valence-electron chi connectivity index (χ1n) is 14.4. The number of halogens is 3. The molecule has 1 aliphatic carbocycles. The van der Waals surface area contributed by atoms with Crippen molar-refractivity contribution in [2.75, 3.05) is 6.54 Å². The van der Waals surface area contributed by atoms with Crippen molar-refractivity contribution in [3.8, 4) is 0 Å². The number of carboxylic acid groups (broad SMARTS) is 1. The molecule has 0 bridgehead atoms. The van der Waals surface area contributed by atoms with Crippen molar-refractivity contribution < 1.29 is 32.2 Å². The van der Waals surface area contributed by atoms with Gasteiger partial charge in [0.25, 0.3) is 5.91 Å². The van der Waals surface area contributed by atoms with Crippen molar-refractivity contribution in [1.29, 1.82) is 0 Å². The zero-order chi connectivity index (χ0) is 31.6. The minimum atomic E-state index is -4.05. The number of hydrogen-bond acceptors (Lipinski definition) is 5. The van der Waals surface area contributed by atoms with Crippen LogP contribution in [-0.2, 0) is 29.1 Å². The van der Waals surface area contributed by atoms with Gasteiger partial charge >= 0.3 is 5.97 Å². The number of ether oxygens (including phenoxy) is 1. The summed E-state index contributed by atoms with van der Waals surface area (Å²) in [5.74, 6) is -2.11. The highest BCUT2D eigenvalue weighted by Crippen LogP contribution is 2.53. The Kier molecular flexibility index (Phi) is 9.67. The van der Waals surface area contributed by atoms with Crippen LogP contribution in [0.2, 0.25) is 10.0 Å². The van der Waals surface area contributed by atoms with Crippen LogP contribution in [-0.4, -0.2) is 49.0 Å². The minimum Gasteiger partial charge on any atom is -0.481 e. The van der Waals surface area contributed by atoms with E-state index in [0.29, 0.717) is 27.6 Å². The van der Waals surface area contributed by atoms with Gasteiger partial charge in [-0.3, -0.25) is 9.59 Å². The van der Waals surface area contributed by atoms with Gasteiger partial charge in [0.05, 0.1) is 6.04 Å². The second-order valence-corrected chi connectivity index (χ2v) is 14.1. The summed E-state index contributed by atoms with van der Waals surface area (Å²) in [6.45, 7) is 1.70. The molecule has 2 aliphatic rings. The third-order valence-corrected chi connectivity index (χ3v) is 11.1. The number of carbonyl (C=O) groups is 2. The van der Waals surface area contributed by atoms with Gasteiger partial charge in [-0.25, -0.2) is 17.5 Å². The average Bonchev–Trinajstić information content (AvgIpc) is 3.81. The van der Waals surface area contributed by atoms with Crippen LogP contribution in [0.4, 0.5) is 4.39 Å². The lowest BCUT2D eigenvalue weighted by atomic mass is 9.89. The van der Waals surface area contributed by atoms with Crippen molar-refractivity contribution in [3.63, 3.8) is 0 Å². The molecule has 234 valence electrons. The van der Waals surface area contributed by atoms with E-state index < -0.39 is 56.8 Å². The lowest BCUT2D eigenvalue weighted by Gasteiger charge is -2.48. The van der Waals surface area contributed by atoms with E-state index in [9.17, 15) is 27.5 Å². The third-order valence-electron chi connectivity index (χ3n) is 8.39. The van der Waals surface area contributed by atoms with Crippen LogP contribution in [0.15, 0.2) is 72.8 Å². The molecule has 2 fully saturated rings. The van der Waals surface area contributed by atoms with Crippen LogP contribution in [0, 0.1) is 5.82 Å². The Morgan fingerprint density at radius 2 is 1.77 bits per heavy atom. The number of carbonyl (C=O) groups excluding carboxylic acids is 1. The number of sulfonamides is 1. The molecule has 8 nitrogen and oxygen atoms in total. The Morgan fingerprint density at radius 1 is 1.07 bits per heavy atom. The highest BCUT2D eigenvalue weighted by atomic mass is 35.5. The fourth-order valence-corrected chi connectivity index (χ4v) is 8.07. The molecule has 0 aromatic heterocycles. The molecule has 2 N–H and O–H groups in total. The molecule has 1 saturated carbocycles. The average molecular weight is 664 g/mol. The number of rotatable bonds is 12. The summed E-state index contributed by atoms with van der Waals surface area (Å²) in [7, 11) is -4.05. The number of aliphatic carboxylic acids is 1. The maximum absolute atomic E-state index is 14.7. The summed E-state index contributed by atoms with van der Waals surface area (Å²) < 4.78 is 49.8. The van der Waals surface area contributed by atoms with E-state index in [2.05, 4.69) is 4.72 Å². The van der Waals surface area contributed by atoms with Gasteiger partial charge in [0.1, 0.15) is 22.8 Å². The summed E-state index contributed by atoms with van der Waals surface area (Å²) in [5, 5.41) is 10.3. The first kappa shape index (κ1) is 32.4. The molecule has 1 heterocycles. The zero-order valence-corrected chi connectivity index (χ0v) is 26.3. The predicted octanol–water partition coefficient (Wildman–Crippen LogP) is 6.39. The fourth-order valence-electron chi connectivity index (χ4n) is 5.96. The van der Waals surface area contributed by atoms with Crippen LogP contribution >= 0.6 is 23.2 Å². The Bertz CT molecular complexity index is 1630. The smallest absolute Gasteiger partial charge is 0.303 e. The first-order chi connectivity index (χ1) is 21.0. The highest BCUT2D eigenvalue weighted by molar-refractivity contribution is 7.90. The van der Waals surface area contributed by atoms with Gasteiger partial charge in [-0.1, -0.05) is 72.6 Å². The second kappa shape index (κ2) is 13.1. The third kappa shape index (κ3) is 6.50. The van der Waals surface area contributed by atoms with E-state index in [-0.39, 0.29) is 37.8 Å². The van der Waals surface area contributed by atoms with Crippen molar-refractivity contribution in [1.82, 2.24) is 9.62 Å². The quantitative estimate of drug-likeness (QED) is 0.232. The number of hydrogen-bond donors (Lipinski definition) is 2. The monoisotopic (exact) mass is 662 g/mol. The van der Waals surface area contributed by atoms with Crippen molar-refractivity contribution in [2.24, 2.45) is 0 Å². The first-order valence-corrected chi connectivity index (χ1v) is 16.7. The molecule has 4 atom stereocenters. The van der Waals surface area contributed by atoms with Crippen LogP contribution in [0.1, 0.15) is 67.9 Å². The fraction of sp³-hybridized carbons (Fsp3) is 0.375. The number of morpholine rings is 1. The Balaban J connectivity index is 1.53. The molecular weight excluding hydrogens is 630 g/mol. The van der Waals surface area contributed by atoms with E-state index in [4.69, 9.17) is 27.9 Å². The van der Waals surface area contributed by atoms with Gasteiger partial charge in [0, 0.05) is 34.6 Å². The molecule has 44 heavy (non-hydrogen) atoms. The SMILES string of the molecule is CC[C@@H](CNS(=O)(=O)C1(c2ccccc2F)CC1)N1C(=O)[C@@H](CCC(=O)O)O[C@H](c2cccc(Cl)c2)[C@H]1c1ccc(Cl)cc1. The molecule has 0 unspecified atom stereocenters. The van der Waals surface area contributed by atoms with Crippen LogP contribution in [0.5, 0.6) is 0 Å². The predicted molar refractivity (Wildman–Crippen MR) is 165 cm³/mol. The number of nitrogens with one attached hydrogen (secondary N) is 1.